The zero-order valence-corrected chi connectivity index (χ0v) is 21.0. The molecule has 0 radical (unpaired) electrons. The van der Waals surface area contributed by atoms with Crippen LogP contribution >= 0.6 is 24.0 Å². The molecule has 2 aliphatic heterocycles. The van der Waals surface area contributed by atoms with Gasteiger partial charge in [-0.25, -0.2) is 0 Å². The van der Waals surface area contributed by atoms with Crippen LogP contribution in [0.25, 0.3) is 0 Å². The molecule has 0 aromatic heterocycles. The summed E-state index contributed by atoms with van der Waals surface area (Å²) in [7, 11) is 1.78. The summed E-state index contributed by atoms with van der Waals surface area (Å²) in [6.45, 7) is 12.1. The van der Waals surface area contributed by atoms with Gasteiger partial charge >= 0.3 is 0 Å². The highest BCUT2D eigenvalue weighted by Gasteiger charge is 2.33. The number of guanidine groups is 1. The molecule has 0 bridgehead atoms. The highest BCUT2D eigenvalue weighted by Crippen LogP contribution is 2.31. The molecule has 1 aromatic rings. The van der Waals surface area contributed by atoms with Crippen LogP contribution in [0.15, 0.2) is 29.3 Å². The Labute approximate surface area is 197 Å². The van der Waals surface area contributed by atoms with Gasteiger partial charge in [0.05, 0.1) is 12.2 Å². The van der Waals surface area contributed by atoms with Crippen molar-refractivity contribution in [2.24, 2.45) is 4.99 Å². The monoisotopic (exact) mass is 529 g/mol. The summed E-state index contributed by atoms with van der Waals surface area (Å²) >= 11 is 0. The van der Waals surface area contributed by atoms with Gasteiger partial charge in [-0.15, -0.1) is 24.0 Å². The fourth-order valence-electron chi connectivity index (χ4n) is 4.21. The van der Waals surface area contributed by atoms with Crippen molar-refractivity contribution in [1.29, 1.82) is 0 Å². The highest BCUT2D eigenvalue weighted by molar-refractivity contribution is 14.0. The number of carbonyl (C=O) groups is 1. The second kappa shape index (κ2) is 10.8. The van der Waals surface area contributed by atoms with Crippen molar-refractivity contribution in [3.8, 4) is 0 Å². The molecule has 3 N–H and O–H groups in total. The van der Waals surface area contributed by atoms with Gasteiger partial charge in [0.2, 0.25) is 5.91 Å². The summed E-state index contributed by atoms with van der Waals surface area (Å²) in [6, 6.07) is 8.01. The van der Waals surface area contributed by atoms with E-state index in [0.717, 1.165) is 31.3 Å². The minimum absolute atomic E-state index is 0. The van der Waals surface area contributed by atoms with Gasteiger partial charge in [-0.2, -0.15) is 0 Å². The van der Waals surface area contributed by atoms with Crippen molar-refractivity contribution in [2.45, 2.75) is 57.8 Å². The standard InChI is InChI=1S/C22H35N5O2.HI/c1-15-12-27(13-16(2)29-15)22(3,4)14-25-21(23-5)24-11-17-10-20(28)26-19-9-7-6-8-18(17)19;/h6-9,15-17H,10-14H2,1-5H3,(H,26,28)(H2,23,24,25);1H. The normalized spacial score (nSPS) is 25.0. The van der Waals surface area contributed by atoms with Crippen molar-refractivity contribution in [3.05, 3.63) is 29.8 Å². The lowest BCUT2D eigenvalue weighted by molar-refractivity contribution is -0.116. The van der Waals surface area contributed by atoms with Gasteiger partial charge in [-0.3, -0.25) is 14.7 Å². The first-order chi connectivity index (χ1) is 13.8. The van der Waals surface area contributed by atoms with Crippen molar-refractivity contribution < 1.29 is 9.53 Å². The van der Waals surface area contributed by atoms with Crippen LogP contribution < -0.4 is 16.0 Å². The Bertz CT molecular complexity index is 745. The van der Waals surface area contributed by atoms with Gasteiger partial charge in [0.25, 0.3) is 0 Å². The number of nitrogens with one attached hydrogen (secondary N) is 3. The SMILES string of the molecule is CN=C(NCC1CC(=O)Nc2ccccc21)NCC(C)(C)N1CC(C)OC(C)C1.I. The number of nitrogens with zero attached hydrogens (tertiary/aromatic N) is 2. The molecule has 0 saturated carbocycles. The summed E-state index contributed by atoms with van der Waals surface area (Å²) in [5.41, 5.74) is 2.06. The number of para-hydroxylation sites is 1. The lowest BCUT2D eigenvalue weighted by Gasteiger charge is -2.45. The number of hydrogen-bond acceptors (Lipinski definition) is 4. The molecule has 1 amide bonds. The molecule has 1 fully saturated rings. The maximum atomic E-state index is 12.0. The third-order valence-corrected chi connectivity index (χ3v) is 5.81. The minimum atomic E-state index is -0.0265. The summed E-state index contributed by atoms with van der Waals surface area (Å²) in [5.74, 6) is 0.957. The van der Waals surface area contributed by atoms with Crippen LogP contribution in [0.1, 0.15) is 45.6 Å². The van der Waals surface area contributed by atoms with E-state index in [1.54, 1.807) is 7.05 Å². The van der Waals surface area contributed by atoms with Crippen LogP contribution in [0.2, 0.25) is 0 Å². The first-order valence-corrected chi connectivity index (χ1v) is 10.5. The molecule has 7 nitrogen and oxygen atoms in total. The van der Waals surface area contributed by atoms with Gasteiger partial charge in [0, 0.05) is 56.8 Å². The number of amides is 1. The number of hydrogen-bond donors (Lipinski definition) is 3. The number of fused-ring (bicyclic) bond motifs is 1. The van der Waals surface area contributed by atoms with E-state index in [1.807, 2.05) is 18.2 Å². The van der Waals surface area contributed by atoms with E-state index in [2.05, 4.69) is 59.6 Å². The fourth-order valence-corrected chi connectivity index (χ4v) is 4.21. The molecule has 0 aliphatic carbocycles. The molecule has 2 aliphatic rings. The Kier molecular flexibility index (Phi) is 8.93. The third kappa shape index (κ3) is 6.31. The molecule has 3 atom stereocenters. The van der Waals surface area contributed by atoms with Gasteiger partial charge < -0.3 is 20.7 Å². The summed E-state index contributed by atoms with van der Waals surface area (Å²) in [5, 5.41) is 9.83. The number of ether oxygens (including phenoxy) is 1. The van der Waals surface area contributed by atoms with E-state index in [-0.39, 0.29) is 53.5 Å². The number of rotatable bonds is 5. The molecule has 168 valence electrons. The first kappa shape index (κ1) is 24.9. The summed E-state index contributed by atoms with van der Waals surface area (Å²) in [4.78, 5) is 18.9. The molecule has 8 heteroatoms. The first-order valence-electron chi connectivity index (χ1n) is 10.5. The van der Waals surface area contributed by atoms with E-state index in [9.17, 15) is 4.79 Å². The minimum Gasteiger partial charge on any atom is -0.373 e. The van der Waals surface area contributed by atoms with E-state index in [1.165, 1.54) is 5.56 Å². The number of aliphatic imine (C=N–C) groups is 1. The molecule has 3 unspecified atom stereocenters. The van der Waals surface area contributed by atoms with Gasteiger partial charge in [0.15, 0.2) is 5.96 Å². The summed E-state index contributed by atoms with van der Waals surface area (Å²) < 4.78 is 5.87. The Morgan fingerprint density at radius 2 is 1.90 bits per heavy atom. The van der Waals surface area contributed by atoms with Crippen molar-refractivity contribution in [1.82, 2.24) is 15.5 Å². The average molecular weight is 529 g/mol. The Balaban J connectivity index is 0.00000320. The number of anilines is 1. The summed E-state index contributed by atoms with van der Waals surface area (Å²) in [6.07, 6.45) is 0.969. The second-order valence-corrected chi connectivity index (χ2v) is 8.82. The zero-order chi connectivity index (χ0) is 21.0. The van der Waals surface area contributed by atoms with Gasteiger partial charge in [-0.1, -0.05) is 18.2 Å². The Morgan fingerprint density at radius 3 is 2.57 bits per heavy atom. The van der Waals surface area contributed by atoms with Crippen molar-refractivity contribution in [3.63, 3.8) is 0 Å². The molecule has 2 heterocycles. The van der Waals surface area contributed by atoms with Crippen molar-refractivity contribution in [2.75, 3.05) is 38.5 Å². The maximum absolute atomic E-state index is 12.0. The van der Waals surface area contributed by atoms with Crippen molar-refractivity contribution >= 4 is 41.5 Å². The van der Waals surface area contributed by atoms with Crippen LogP contribution in [0.5, 0.6) is 0 Å². The molecule has 1 saturated heterocycles. The van der Waals surface area contributed by atoms with Crippen LogP contribution in [0.4, 0.5) is 5.69 Å². The van der Waals surface area contributed by atoms with Gasteiger partial charge in [0.1, 0.15) is 0 Å². The Morgan fingerprint density at radius 1 is 1.23 bits per heavy atom. The fraction of sp³-hybridized carbons (Fsp3) is 0.636. The number of carbonyl (C=O) groups excluding carboxylic acids is 1. The van der Waals surface area contributed by atoms with E-state index in [4.69, 9.17) is 4.74 Å². The van der Waals surface area contributed by atoms with Crippen LogP contribution in [0, 0.1) is 0 Å². The third-order valence-electron chi connectivity index (χ3n) is 5.81. The largest absolute Gasteiger partial charge is 0.373 e. The lowest BCUT2D eigenvalue weighted by atomic mass is 9.90. The predicted octanol–water partition coefficient (Wildman–Crippen LogP) is 2.78. The topological polar surface area (TPSA) is 78.0 Å². The number of halogens is 1. The Hall–Kier alpha value is -1.39. The lowest BCUT2D eigenvalue weighted by Crippen LogP contribution is -2.59. The molecule has 0 spiro atoms. The quantitative estimate of drug-likeness (QED) is 0.311. The molecular formula is C22H36IN5O2. The smallest absolute Gasteiger partial charge is 0.225 e. The van der Waals surface area contributed by atoms with Gasteiger partial charge in [-0.05, 0) is 39.3 Å². The number of benzene rings is 1. The molecule has 3 rings (SSSR count). The second-order valence-electron chi connectivity index (χ2n) is 8.82. The number of morpholine rings is 1. The van der Waals surface area contributed by atoms with Crippen LogP contribution in [-0.2, 0) is 9.53 Å². The highest BCUT2D eigenvalue weighted by atomic mass is 127. The van der Waals surface area contributed by atoms with Crippen LogP contribution in [-0.4, -0.2) is 67.7 Å². The zero-order valence-electron chi connectivity index (χ0n) is 18.7. The van der Waals surface area contributed by atoms with Crippen LogP contribution in [0.3, 0.4) is 0 Å². The molecule has 1 aromatic carbocycles. The average Bonchev–Trinajstić information content (AvgIpc) is 2.67. The predicted molar refractivity (Wildman–Crippen MR) is 133 cm³/mol. The van der Waals surface area contributed by atoms with E-state index < -0.39 is 0 Å². The molecule has 30 heavy (non-hydrogen) atoms. The maximum Gasteiger partial charge on any atom is 0.225 e. The van der Waals surface area contributed by atoms with E-state index >= 15 is 0 Å². The molecular weight excluding hydrogens is 493 g/mol. The van der Waals surface area contributed by atoms with E-state index in [0.29, 0.717) is 13.0 Å².